The highest BCUT2D eigenvalue weighted by Gasteiger charge is 2.29. The number of sulfonamides is 1. The van der Waals surface area contributed by atoms with Gasteiger partial charge in [0.05, 0.1) is 6.20 Å². The Hall–Kier alpha value is -0.760. The standard InChI is InChI=1S/C11H16FN3O2S.ClH/c1-13-10-2-4-15(5-3-10)18(16,17)11-6-9(12)7-14-8-11;/h6-8,10,13H,2-5H2,1H3;1H. The summed E-state index contributed by atoms with van der Waals surface area (Å²) in [6.45, 7) is 0.898. The fourth-order valence-electron chi connectivity index (χ4n) is 2.07. The molecule has 1 aliphatic rings. The van der Waals surface area contributed by atoms with Crippen molar-refractivity contribution in [1.82, 2.24) is 14.6 Å². The van der Waals surface area contributed by atoms with E-state index in [1.807, 2.05) is 7.05 Å². The van der Waals surface area contributed by atoms with Crippen LogP contribution in [-0.4, -0.2) is 43.9 Å². The van der Waals surface area contributed by atoms with Gasteiger partial charge in [-0.25, -0.2) is 12.8 Å². The average Bonchev–Trinajstić information content (AvgIpc) is 2.39. The molecule has 0 amide bonds. The molecule has 0 aliphatic carbocycles. The van der Waals surface area contributed by atoms with E-state index in [0.717, 1.165) is 25.1 Å². The van der Waals surface area contributed by atoms with E-state index in [9.17, 15) is 12.8 Å². The van der Waals surface area contributed by atoms with Crippen molar-refractivity contribution in [2.24, 2.45) is 0 Å². The van der Waals surface area contributed by atoms with Crippen molar-refractivity contribution < 1.29 is 12.8 Å². The van der Waals surface area contributed by atoms with Gasteiger partial charge in [-0.15, -0.1) is 12.4 Å². The molecule has 1 N–H and O–H groups in total. The van der Waals surface area contributed by atoms with Crippen molar-refractivity contribution in [1.29, 1.82) is 0 Å². The summed E-state index contributed by atoms with van der Waals surface area (Å²) in [5, 5.41) is 3.13. The van der Waals surface area contributed by atoms with Crippen molar-refractivity contribution in [3.05, 3.63) is 24.3 Å². The summed E-state index contributed by atoms with van der Waals surface area (Å²) in [6, 6.07) is 1.36. The predicted octanol–water partition coefficient (Wildman–Crippen LogP) is 1.02. The summed E-state index contributed by atoms with van der Waals surface area (Å²) in [5.74, 6) is -0.638. The number of hydrogen-bond donors (Lipinski definition) is 1. The fraction of sp³-hybridized carbons (Fsp3) is 0.545. The third-order valence-corrected chi connectivity index (χ3v) is 5.04. The Morgan fingerprint density at radius 1 is 1.37 bits per heavy atom. The molecule has 5 nitrogen and oxygen atoms in total. The maximum absolute atomic E-state index is 13.0. The third kappa shape index (κ3) is 3.62. The monoisotopic (exact) mass is 309 g/mol. The molecule has 108 valence electrons. The number of hydrogen-bond acceptors (Lipinski definition) is 4. The first kappa shape index (κ1) is 16.3. The second-order valence-corrected chi connectivity index (χ2v) is 6.24. The minimum atomic E-state index is -3.61. The molecule has 0 saturated carbocycles. The quantitative estimate of drug-likeness (QED) is 0.905. The number of nitrogens with zero attached hydrogens (tertiary/aromatic N) is 2. The SMILES string of the molecule is CNC1CCN(S(=O)(=O)c2cncc(F)c2)CC1.Cl. The molecular formula is C11H17ClFN3O2S. The Morgan fingerprint density at radius 3 is 2.53 bits per heavy atom. The van der Waals surface area contributed by atoms with E-state index >= 15 is 0 Å². The van der Waals surface area contributed by atoms with E-state index in [2.05, 4.69) is 10.3 Å². The van der Waals surface area contributed by atoms with E-state index in [1.54, 1.807) is 0 Å². The van der Waals surface area contributed by atoms with Gasteiger partial charge >= 0.3 is 0 Å². The number of aromatic nitrogens is 1. The molecular weight excluding hydrogens is 293 g/mol. The molecule has 1 aromatic rings. The number of piperidine rings is 1. The average molecular weight is 310 g/mol. The van der Waals surface area contributed by atoms with Crippen LogP contribution in [0.1, 0.15) is 12.8 Å². The van der Waals surface area contributed by atoms with Gasteiger partial charge in [-0.3, -0.25) is 4.98 Å². The molecule has 8 heteroatoms. The minimum Gasteiger partial charge on any atom is -0.317 e. The molecule has 0 unspecified atom stereocenters. The molecule has 1 fully saturated rings. The predicted molar refractivity (Wildman–Crippen MR) is 72.3 cm³/mol. The van der Waals surface area contributed by atoms with Gasteiger partial charge in [0.15, 0.2) is 0 Å². The third-order valence-electron chi connectivity index (χ3n) is 3.18. The maximum Gasteiger partial charge on any atom is 0.244 e. The van der Waals surface area contributed by atoms with Crippen molar-refractivity contribution in [2.45, 2.75) is 23.8 Å². The van der Waals surface area contributed by atoms with E-state index in [1.165, 1.54) is 10.5 Å². The molecule has 1 aromatic heterocycles. The maximum atomic E-state index is 13.0. The zero-order valence-electron chi connectivity index (χ0n) is 10.5. The van der Waals surface area contributed by atoms with Crippen LogP contribution in [0.3, 0.4) is 0 Å². The molecule has 0 spiro atoms. The largest absolute Gasteiger partial charge is 0.317 e. The molecule has 0 radical (unpaired) electrons. The van der Waals surface area contributed by atoms with Gasteiger partial charge in [-0.1, -0.05) is 0 Å². The highest BCUT2D eigenvalue weighted by Crippen LogP contribution is 2.20. The first-order valence-corrected chi connectivity index (χ1v) is 7.26. The zero-order valence-corrected chi connectivity index (χ0v) is 12.2. The summed E-state index contributed by atoms with van der Waals surface area (Å²) in [5.41, 5.74) is 0. The van der Waals surface area contributed by atoms with Gasteiger partial charge in [0.1, 0.15) is 10.7 Å². The zero-order chi connectivity index (χ0) is 13.2. The van der Waals surface area contributed by atoms with Gasteiger partial charge in [-0.2, -0.15) is 4.31 Å². The molecule has 19 heavy (non-hydrogen) atoms. The van der Waals surface area contributed by atoms with Crippen LogP contribution in [0.2, 0.25) is 0 Å². The van der Waals surface area contributed by atoms with E-state index in [-0.39, 0.29) is 17.3 Å². The Balaban J connectivity index is 0.00000180. The second kappa shape index (κ2) is 6.60. The van der Waals surface area contributed by atoms with Crippen LogP contribution in [0.15, 0.2) is 23.4 Å². The summed E-state index contributed by atoms with van der Waals surface area (Å²) in [4.78, 5) is 3.50. The Kier molecular flexibility index (Phi) is 5.66. The minimum absolute atomic E-state index is 0. The number of rotatable bonds is 3. The fourth-order valence-corrected chi connectivity index (χ4v) is 3.51. The molecule has 0 bridgehead atoms. The van der Waals surface area contributed by atoms with Crippen LogP contribution in [0, 0.1) is 5.82 Å². The summed E-state index contributed by atoms with van der Waals surface area (Å²) in [6.07, 6.45) is 3.70. The Labute approximate surface area is 118 Å². The lowest BCUT2D eigenvalue weighted by Crippen LogP contribution is -2.43. The first-order chi connectivity index (χ1) is 8.54. The van der Waals surface area contributed by atoms with Crippen molar-refractivity contribution >= 4 is 22.4 Å². The molecule has 0 atom stereocenters. The summed E-state index contributed by atoms with van der Waals surface area (Å²) < 4.78 is 38.9. The topological polar surface area (TPSA) is 62.3 Å². The normalized spacial score (nSPS) is 18.0. The molecule has 1 saturated heterocycles. The molecule has 1 aliphatic heterocycles. The van der Waals surface area contributed by atoms with Crippen LogP contribution in [-0.2, 0) is 10.0 Å². The highest BCUT2D eigenvalue weighted by atomic mass is 35.5. The van der Waals surface area contributed by atoms with Gasteiger partial charge in [0.25, 0.3) is 0 Å². The molecule has 2 rings (SSSR count). The van der Waals surface area contributed by atoms with E-state index < -0.39 is 15.8 Å². The lowest BCUT2D eigenvalue weighted by atomic mass is 10.1. The van der Waals surface area contributed by atoms with E-state index in [0.29, 0.717) is 19.1 Å². The first-order valence-electron chi connectivity index (χ1n) is 5.82. The van der Waals surface area contributed by atoms with Crippen LogP contribution >= 0.6 is 12.4 Å². The van der Waals surface area contributed by atoms with Crippen molar-refractivity contribution in [3.63, 3.8) is 0 Å². The van der Waals surface area contributed by atoms with Crippen LogP contribution in [0.4, 0.5) is 4.39 Å². The smallest absolute Gasteiger partial charge is 0.244 e. The van der Waals surface area contributed by atoms with Crippen molar-refractivity contribution in [3.8, 4) is 0 Å². The number of pyridine rings is 1. The van der Waals surface area contributed by atoms with Gasteiger partial charge < -0.3 is 5.32 Å². The highest BCUT2D eigenvalue weighted by molar-refractivity contribution is 7.89. The van der Waals surface area contributed by atoms with E-state index in [4.69, 9.17) is 0 Å². The van der Waals surface area contributed by atoms with Gasteiger partial charge in [-0.05, 0) is 26.0 Å². The molecule has 0 aromatic carbocycles. The lowest BCUT2D eigenvalue weighted by Gasteiger charge is -2.30. The summed E-state index contributed by atoms with van der Waals surface area (Å²) in [7, 11) is -1.75. The van der Waals surface area contributed by atoms with Crippen LogP contribution in [0.5, 0.6) is 0 Å². The number of nitrogens with one attached hydrogen (secondary N) is 1. The van der Waals surface area contributed by atoms with Crippen LogP contribution in [0.25, 0.3) is 0 Å². The lowest BCUT2D eigenvalue weighted by molar-refractivity contribution is 0.298. The van der Waals surface area contributed by atoms with Crippen molar-refractivity contribution in [2.75, 3.05) is 20.1 Å². The van der Waals surface area contributed by atoms with Gasteiger partial charge in [0, 0.05) is 25.3 Å². The number of halogens is 2. The summed E-state index contributed by atoms with van der Waals surface area (Å²) >= 11 is 0. The Morgan fingerprint density at radius 2 is 2.00 bits per heavy atom. The molecule has 2 heterocycles. The van der Waals surface area contributed by atoms with Crippen LogP contribution < -0.4 is 5.32 Å². The Bertz CT molecular complexity index is 518. The van der Waals surface area contributed by atoms with Gasteiger partial charge in [0.2, 0.25) is 10.0 Å². The second-order valence-electron chi connectivity index (χ2n) is 4.31.